The summed E-state index contributed by atoms with van der Waals surface area (Å²) in [6, 6.07) is 6.40. The zero-order valence-electron chi connectivity index (χ0n) is 20.9. The third-order valence-electron chi connectivity index (χ3n) is 5.02. The van der Waals surface area contributed by atoms with Crippen LogP contribution in [0.3, 0.4) is 0 Å². The molecule has 0 aliphatic carbocycles. The van der Waals surface area contributed by atoms with Gasteiger partial charge in [0.2, 0.25) is 27.5 Å². The summed E-state index contributed by atoms with van der Waals surface area (Å²) in [5, 5.41) is 9.52. The number of ether oxygens (including phenoxy) is 3. The Hall–Kier alpha value is -2.91. The molecular weight excluding hydrogens is 506 g/mol. The number of rotatable bonds is 19. The Morgan fingerprint density at radius 2 is 1.57 bits per heavy atom. The Morgan fingerprint density at radius 3 is 2.11 bits per heavy atom. The molecule has 37 heavy (non-hydrogen) atoms. The van der Waals surface area contributed by atoms with Crippen LogP contribution in [-0.4, -0.2) is 82.9 Å². The average molecular weight is 542 g/mol. The van der Waals surface area contributed by atoms with E-state index in [9.17, 15) is 18.0 Å². The van der Waals surface area contributed by atoms with Crippen molar-refractivity contribution < 1.29 is 36.6 Å². The second kappa shape index (κ2) is 16.0. The largest absolute Gasteiger partial charge is 0.408 e. The third-order valence-corrected chi connectivity index (χ3v) is 5.82. The Bertz CT molecular complexity index is 1080. The number of sulfone groups is 1. The average Bonchev–Trinajstić information content (AvgIpc) is 3.35. The summed E-state index contributed by atoms with van der Waals surface area (Å²) in [5.74, 6) is -1.50. The molecule has 0 fully saturated rings. The third kappa shape index (κ3) is 11.8. The normalized spacial score (nSPS) is 12.4. The number of primary amides is 1. The molecule has 0 aliphatic rings. The number of nitrogens with one attached hydrogen (secondary N) is 1. The maximum absolute atomic E-state index is 12.7. The van der Waals surface area contributed by atoms with Gasteiger partial charge in [0.05, 0.1) is 26.4 Å². The van der Waals surface area contributed by atoms with E-state index >= 15 is 0 Å². The second-order valence-electron chi connectivity index (χ2n) is 8.20. The second-order valence-corrected chi connectivity index (χ2v) is 10.1. The van der Waals surface area contributed by atoms with Gasteiger partial charge >= 0.3 is 5.22 Å². The molecule has 2 aromatic rings. The number of hydrogen-bond acceptors (Lipinski definition) is 11. The van der Waals surface area contributed by atoms with Crippen molar-refractivity contribution in [1.29, 1.82) is 0 Å². The molecule has 14 heteroatoms. The van der Waals surface area contributed by atoms with Gasteiger partial charge in [0.1, 0.15) is 0 Å². The number of amides is 2. The first-order chi connectivity index (χ1) is 17.7. The predicted octanol–water partition coefficient (Wildman–Crippen LogP) is 0.749. The van der Waals surface area contributed by atoms with Gasteiger partial charge in [0.25, 0.3) is 0 Å². The van der Waals surface area contributed by atoms with E-state index < -0.39 is 26.9 Å². The molecule has 1 heterocycles. The van der Waals surface area contributed by atoms with Crippen molar-refractivity contribution in [3.63, 3.8) is 0 Å². The first kappa shape index (κ1) is 30.3. The van der Waals surface area contributed by atoms with Crippen LogP contribution in [0.15, 0.2) is 33.9 Å². The lowest BCUT2D eigenvalue weighted by atomic mass is 9.98. The summed E-state index contributed by atoms with van der Waals surface area (Å²) >= 11 is 0. The van der Waals surface area contributed by atoms with Crippen molar-refractivity contribution in [3.8, 4) is 11.5 Å². The molecular formula is C23H35N5O8S. The minimum absolute atomic E-state index is 0.0335. The van der Waals surface area contributed by atoms with Gasteiger partial charge in [-0.15, -0.1) is 5.10 Å². The molecule has 0 saturated heterocycles. The molecule has 2 rings (SSSR count). The summed E-state index contributed by atoms with van der Waals surface area (Å²) in [6.45, 7) is 3.46. The van der Waals surface area contributed by atoms with E-state index in [4.69, 9.17) is 30.1 Å². The fourth-order valence-electron chi connectivity index (χ4n) is 3.14. The highest BCUT2D eigenvalue weighted by molar-refractivity contribution is 7.90. The number of nitrogens with zero attached hydrogens (tertiary/aromatic N) is 2. The fourth-order valence-corrected chi connectivity index (χ4v) is 3.56. The van der Waals surface area contributed by atoms with E-state index in [2.05, 4.69) is 15.5 Å². The summed E-state index contributed by atoms with van der Waals surface area (Å²) in [6.07, 6.45) is 2.68. The number of carbonyl (C=O) groups excluding carboxylic acids is 2. The molecule has 1 aromatic heterocycles. The minimum Gasteiger partial charge on any atom is -0.408 e. The van der Waals surface area contributed by atoms with Gasteiger partial charge in [-0.2, -0.15) is 0 Å². The number of aromatic nitrogens is 2. The van der Waals surface area contributed by atoms with Crippen molar-refractivity contribution in [2.75, 3.05) is 57.8 Å². The number of nitrogens with two attached hydrogens (primary N) is 2. The molecule has 0 saturated carbocycles. The monoisotopic (exact) mass is 541 g/mol. The van der Waals surface area contributed by atoms with Gasteiger partial charge in [-0.1, -0.05) is 5.10 Å². The molecule has 1 unspecified atom stereocenters. The number of hydrogen-bond donors (Lipinski definition) is 3. The van der Waals surface area contributed by atoms with Crippen LogP contribution in [0, 0.1) is 5.92 Å². The fraction of sp³-hybridized carbons (Fsp3) is 0.565. The van der Waals surface area contributed by atoms with E-state index in [-0.39, 0.29) is 18.2 Å². The Labute approximate surface area is 216 Å². The van der Waals surface area contributed by atoms with Gasteiger partial charge in [0, 0.05) is 43.1 Å². The SMILES string of the molecule is CS(=O)(=O)c1nnc(-c2ccc(NC(=O)C(CCCOCCOCCOCCCN)CC(N)=O)cc2)o1. The van der Waals surface area contributed by atoms with Crippen molar-refractivity contribution >= 4 is 27.3 Å². The summed E-state index contributed by atoms with van der Waals surface area (Å²) in [4.78, 5) is 24.2. The topological polar surface area (TPSA) is 199 Å². The number of benzene rings is 1. The molecule has 206 valence electrons. The van der Waals surface area contributed by atoms with Crippen LogP contribution < -0.4 is 16.8 Å². The summed E-state index contributed by atoms with van der Waals surface area (Å²) in [5.41, 5.74) is 11.7. The quantitative estimate of drug-likeness (QED) is 0.212. The maximum atomic E-state index is 12.7. The van der Waals surface area contributed by atoms with E-state index in [1.165, 1.54) is 0 Å². The molecule has 5 N–H and O–H groups in total. The Morgan fingerprint density at radius 1 is 0.973 bits per heavy atom. The van der Waals surface area contributed by atoms with E-state index in [0.29, 0.717) is 70.3 Å². The predicted molar refractivity (Wildman–Crippen MR) is 134 cm³/mol. The highest BCUT2D eigenvalue weighted by Crippen LogP contribution is 2.22. The van der Waals surface area contributed by atoms with Gasteiger partial charge in [-0.3, -0.25) is 9.59 Å². The van der Waals surface area contributed by atoms with Crippen LogP contribution in [-0.2, 0) is 33.6 Å². The lowest BCUT2D eigenvalue weighted by molar-refractivity contribution is -0.126. The molecule has 0 aliphatic heterocycles. The molecule has 0 radical (unpaired) electrons. The molecule has 2 amide bonds. The molecule has 1 aromatic carbocycles. The first-order valence-electron chi connectivity index (χ1n) is 11.9. The smallest absolute Gasteiger partial charge is 0.335 e. The highest BCUT2D eigenvalue weighted by Gasteiger charge is 2.21. The van der Waals surface area contributed by atoms with Gasteiger partial charge in [-0.25, -0.2) is 8.42 Å². The van der Waals surface area contributed by atoms with Crippen LogP contribution in [0.1, 0.15) is 25.7 Å². The first-order valence-corrected chi connectivity index (χ1v) is 13.8. The molecule has 0 spiro atoms. The van der Waals surface area contributed by atoms with Crippen molar-refractivity contribution in [3.05, 3.63) is 24.3 Å². The van der Waals surface area contributed by atoms with Crippen molar-refractivity contribution in [1.82, 2.24) is 10.2 Å². The molecule has 13 nitrogen and oxygen atoms in total. The van der Waals surface area contributed by atoms with Crippen LogP contribution in [0.2, 0.25) is 0 Å². The maximum Gasteiger partial charge on any atom is 0.335 e. The molecule has 1 atom stereocenters. The van der Waals surface area contributed by atoms with E-state index in [1.807, 2.05) is 0 Å². The van der Waals surface area contributed by atoms with Gasteiger partial charge in [-0.05, 0) is 50.1 Å². The lowest BCUT2D eigenvalue weighted by Crippen LogP contribution is -2.28. The standard InChI is InChI=1S/C23H35N5O8S/c1-37(31,32)23-28-27-22(36-23)17-5-7-19(8-6-17)26-21(30)18(16-20(25)29)4-2-10-33-12-14-35-15-13-34-11-3-9-24/h5-8,18H,2-4,9-16,24H2,1H3,(H2,25,29)(H,26,30). The summed E-state index contributed by atoms with van der Waals surface area (Å²) < 4.78 is 44.4. The Kier molecular flexibility index (Phi) is 13.1. The van der Waals surface area contributed by atoms with Crippen LogP contribution >= 0.6 is 0 Å². The Balaban J connectivity index is 1.74. The van der Waals surface area contributed by atoms with E-state index in [1.54, 1.807) is 24.3 Å². The number of anilines is 1. The zero-order chi connectivity index (χ0) is 27.1. The number of carbonyl (C=O) groups is 2. The summed E-state index contributed by atoms with van der Waals surface area (Å²) in [7, 11) is -3.61. The van der Waals surface area contributed by atoms with Gasteiger partial charge < -0.3 is 35.4 Å². The lowest BCUT2D eigenvalue weighted by Gasteiger charge is -2.15. The van der Waals surface area contributed by atoms with Gasteiger partial charge in [0.15, 0.2) is 0 Å². The molecule has 0 bridgehead atoms. The minimum atomic E-state index is -3.61. The zero-order valence-corrected chi connectivity index (χ0v) is 21.7. The van der Waals surface area contributed by atoms with Crippen molar-refractivity contribution in [2.45, 2.75) is 30.9 Å². The van der Waals surface area contributed by atoms with Crippen LogP contribution in [0.5, 0.6) is 0 Å². The van der Waals surface area contributed by atoms with Crippen LogP contribution in [0.4, 0.5) is 5.69 Å². The van der Waals surface area contributed by atoms with Crippen LogP contribution in [0.25, 0.3) is 11.5 Å². The van der Waals surface area contributed by atoms with Crippen molar-refractivity contribution in [2.24, 2.45) is 17.4 Å². The highest BCUT2D eigenvalue weighted by atomic mass is 32.2. The van der Waals surface area contributed by atoms with E-state index in [0.717, 1.165) is 12.7 Å².